The predicted molar refractivity (Wildman–Crippen MR) is 67.7 cm³/mol. The SMILES string of the molecule is CC(N)c1c(F)cccc1OCc1cccs1. The fourth-order valence-corrected chi connectivity index (χ4v) is 2.24. The summed E-state index contributed by atoms with van der Waals surface area (Å²) in [5.41, 5.74) is 6.18. The van der Waals surface area contributed by atoms with Crippen molar-refractivity contribution in [2.24, 2.45) is 5.73 Å². The van der Waals surface area contributed by atoms with Gasteiger partial charge in [-0.1, -0.05) is 12.1 Å². The van der Waals surface area contributed by atoms with Crippen LogP contribution in [0.3, 0.4) is 0 Å². The third-order valence-corrected chi connectivity index (χ3v) is 3.27. The summed E-state index contributed by atoms with van der Waals surface area (Å²) in [5, 5.41) is 1.98. The maximum absolute atomic E-state index is 13.6. The lowest BCUT2D eigenvalue weighted by atomic mass is 10.1. The standard InChI is InChI=1S/C13H14FNOS/c1-9(15)13-11(14)5-2-6-12(13)16-8-10-4-3-7-17-10/h2-7,9H,8,15H2,1H3. The fraction of sp³-hybridized carbons (Fsp3) is 0.231. The maximum atomic E-state index is 13.6. The van der Waals surface area contributed by atoms with Gasteiger partial charge in [-0.05, 0) is 30.5 Å². The Morgan fingerprint density at radius 2 is 2.18 bits per heavy atom. The number of hydrogen-bond donors (Lipinski definition) is 1. The first kappa shape index (κ1) is 12.1. The minimum Gasteiger partial charge on any atom is -0.488 e. The van der Waals surface area contributed by atoms with Crippen LogP contribution in [0.5, 0.6) is 5.75 Å². The zero-order chi connectivity index (χ0) is 12.3. The van der Waals surface area contributed by atoms with Crippen molar-refractivity contribution in [3.63, 3.8) is 0 Å². The van der Waals surface area contributed by atoms with Gasteiger partial charge >= 0.3 is 0 Å². The molecule has 0 fully saturated rings. The monoisotopic (exact) mass is 251 g/mol. The van der Waals surface area contributed by atoms with E-state index in [1.54, 1.807) is 30.4 Å². The van der Waals surface area contributed by atoms with Crippen molar-refractivity contribution in [1.82, 2.24) is 0 Å². The molecule has 0 aliphatic heterocycles. The third kappa shape index (κ3) is 2.84. The summed E-state index contributed by atoms with van der Waals surface area (Å²) < 4.78 is 19.2. The molecule has 0 bridgehead atoms. The van der Waals surface area contributed by atoms with E-state index >= 15 is 0 Å². The lowest BCUT2D eigenvalue weighted by Gasteiger charge is -2.14. The second kappa shape index (κ2) is 5.29. The van der Waals surface area contributed by atoms with E-state index in [1.807, 2.05) is 17.5 Å². The second-order valence-corrected chi connectivity index (χ2v) is 4.84. The van der Waals surface area contributed by atoms with Crippen LogP contribution in [0.15, 0.2) is 35.7 Å². The number of ether oxygens (including phenoxy) is 1. The summed E-state index contributed by atoms with van der Waals surface area (Å²) in [6, 6.07) is 8.34. The summed E-state index contributed by atoms with van der Waals surface area (Å²) in [6.45, 7) is 2.19. The topological polar surface area (TPSA) is 35.2 Å². The molecule has 2 nitrogen and oxygen atoms in total. The van der Waals surface area contributed by atoms with Crippen molar-refractivity contribution in [2.75, 3.05) is 0 Å². The minimum atomic E-state index is -0.380. The highest BCUT2D eigenvalue weighted by Crippen LogP contribution is 2.27. The lowest BCUT2D eigenvalue weighted by molar-refractivity contribution is 0.302. The van der Waals surface area contributed by atoms with Gasteiger partial charge in [-0.15, -0.1) is 11.3 Å². The van der Waals surface area contributed by atoms with Crippen molar-refractivity contribution in [1.29, 1.82) is 0 Å². The Morgan fingerprint density at radius 3 is 2.82 bits per heavy atom. The number of rotatable bonds is 4. The molecule has 1 unspecified atom stereocenters. The minimum absolute atomic E-state index is 0.316. The predicted octanol–water partition coefficient (Wildman–Crippen LogP) is 3.49. The number of thiophene rings is 1. The van der Waals surface area contributed by atoms with Crippen molar-refractivity contribution in [2.45, 2.75) is 19.6 Å². The molecule has 1 aromatic carbocycles. The summed E-state index contributed by atoms with van der Waals surface area (Å²) in [6.07, 6.45) is 0. The highest BCUT2D eigenvalue weighted by Gasteiger charge is 2.13. The maximum Gasteiger partial charge on any atom is 0.131 e. The van der Waals surface area contributed by atoms with Gasteiger partial charge in [-0.25, -0.2) is 4.39 Å². The van der Waals surface area contributed by atoms with E-state index in [9.17, 15) is 4.39 Å². The zero-order valence-corrected chi connectivity index (χ0v) is 10.3. The molecule has 0 aliphatic carbocycles. The highest BCUT2D eigenvalue weighted by molar-refractivity contribution is 7.09. The molecule has 1 atom stereocenters. The van der Waals surface area contributed by atoms with Crippen LogP contribution < -0.4 is 10.5 Å². The number of hydrogen-bond acceptors (Lipinski definition) is 3. The second-order valence-electron chi connectivity index (χ2n) is 3.81. The largest absolute Gasteiger partial charge is 0.488 e. The number of nitrogens with two attached hydrogens (primary N) is 1. The Kier molecular flexibility index (Phi) is 3.76. The van der Waals surface area contributed by atoms with Gasteiger partial charge in [-0.3, -0.25) is 0 Å². The Bertz CT molecular complexity index is 482. The van der Waals surface area contributed by atoms with E-state index in [0.717, 1.165) is 4.88 Å². The van der Waals surface area contributed by atoms with Crippen LogP contribution in [-0.4, -0.2) is 0 Å². The van der Waals surface area contributed by atoms with Crippen LogP contribution in [0.1, 0.15) is 23.4 Å². The van der Waals surface area contributed by atoms with Crippen LogP contribution in [-0.2, 0) is 6.61 Å². The van der Waals surface area contributed by atoms with Gasteiger partial charge in [0.25, 0.3) is 0 Å². The van der Waals surface area contributed by atoms with Gasteiger partial charge in [0, 0.05) is 16.5 Å². The number of halogens is 1. The first-order valence-electron chi connectivity index (χ1n) is 5.37. The molecule has 0 spiro atoms. The van der Waals surface area contributed by atoms with Crippen LogP contribution in [0.2, 0.25) is 0 Å². The molecule has 1 heterocycles. The van der Waals surface area contributed by atoms with Crippen molar-refractivity contribution in [3.05, 3.63) is 52.0 Å². The highest BCUT2D eigenvalue weighted by atomic mass is 32.1. The molecular formula is C13H14FNOS. The average Bonchev–Trinajstić information content (AvgIpc) is 2.78. The van der Waals surface area contributed by atoms with Gasteiger partial charge in [-0.2, -0.15) is 0 Å². The van der Waals surface area contributed by atoms with Crippen molar-refractivity contribution in [3.8, 4) is 5.75 Å². The van der Waals surface area contributed by atoms with E-state index in [4.69, 9.17) is 10.5 Å². The molecule has 0 amide bonds. The molecular weight excluding hydrogens is 237 g/mol. The van der Waals surface area contributed by atoms with E-state index in [2.05, 4.69) is 0 Å². The summed E-state index contributed by atoms with van der Waals surface area (Å²) >= 11 is 1.61. The average molecular weight is 251 g/mol. The third-order valence-electron chi connectivity index (χ3n) is 2.42. The Balaban J connectivity index is 2.18. The van der Waals surface area contributed by atoms with Crippen LogP contribution >= 0.6 is 11.3 Å². The van der Waals surface area contributed by atoms with Gasteiger partial charge < -0.3 is 10.5 Å². The molecule has 1 aromatic heterocycles. The summed E-state index contributed by atoms with van der Waals surface area (Å²) in [4.78, 5) is 1.10. The van der Waals surface area contributed by atoms with E-state index in [-0.39, 0.29) is 11.9 Å². The fourth-order valence-electron chi connectivity index (χ4n) is 1.63. The first-order chi connectivity index (χ1) is 8.18. The van der Waals surface area contributed by atoms with Gasteiger partial charge in [0.1, 0.15) is 18.2 Å². The van der Waals surface area contributed by atoms with E-state index in [1.165, 1.54) is 6.07 Å². The zero-order valence-electron chi connectivity index (χ0n) is 9.52. The van der Waals surface area contributed by atoms with Gasteiger partial charge in [0.15, 0.2) is 0 Å². The molecule has 17 heavy (non-hydrogen) atoms. The lowest BCUT2D eigenvalue weighted by Crippen LogP contribution is -2.10. The molecule has 2 aromatic rings. The molecule has 4 heteroatoms. The van der Waals surface area contributed by atoms with Crippen LogP contribution in [0.25, 0.3) is 0 Å². The first-order valence-corrected chi connectivity index (χ1v) is 6.25. The molecule has 90 valence electrons. The quantitative estimate of drug-likeness (QED) is 0.902. The van der Waals surface area contributed by atoms with E-state index in [0.29, 0.717) is 17.9 Å². The van der Waals surface area contributed by atoms with Crippen molar-refractivity contribution >= 4 is 11.3 Å². The Hall–Kier alpha value is -1.39. The van der Waals surface area contributed by atoms with Crippen LogP contribution in [0, 0.1) is 5.82 Å². The van der Waals surface area contributed by atoms with Gasteiger partial charge in [0.05, 0.1) is 0 Å². The van der Waals surface area contributed by atoms with E-state index < -0.39 is 0 Å². The van der Waals surface area contributed by atoms with Crippen molar-refractivity contribution < 1.29 is 9.13 Å². The van der Waals surface area contributed by atoms with Crippen LogP contribution in [0.4, 0.5) is 4.39 Å². The molecule has 0 aliphatic rings. The molecule has 2 N–H and O–H groups in total. The molecule has 0 radical (unpaired) electrons. The summed E-state index contributed by atoms with van der Waals surface area (Å²) in [7, 11) is 0. The summed E-state index contributed by atoms with van der Waals surface area (Å²) in [5.74, 6) is 0.206. The molecule has 2 rings (SSSR count). The normalized spacial score (nSPS) is 12.4. The van der Waals surface area contributed by atoms with Gasteiger partial charge in [0.2, 0.25) is 0 Å². The number of benzene rings is 1. The molecule has 0 saturated heterocycles. The Morgan fingerprint density at radius 1 is 1.35 bits per heavy atom. The Labute approximate surface area is 104 Å². The smallest absolute Gasteiger partial charge is 0.131 e. The molecule has 0 saturated carbocycles.